The molecule has 21 heavy (non-hydrogen) atoms. The van der Waals surface area contributed by atoms with Gasteiger partial charge >= 0.3 is 0 Å². The van der Waals surface area contributed by atoms with Gasteiger partial charge in [-0.05, 0) is 24.5 Å². The second-order valence-corrected chi connectivity index (χ2v) is 6.21. The summed E-state index contributed by atoms with van der Waals surface area (Å²) in [5.74, 6) is 0. The maximum absolute atomic E-state index is 9.94. The van der Waals surface area contributed by atoms with Crippen LogP contribution in [0.15, 0.2) is 24.3 Å². The lowest BCUT2D eigenvalue weighted by atomic mass is 9.93. The largest absolute Gasteiger partial charge is 0.393 e. The molecule has 0 aromatic heterocycles. The molecule has 0 aliphatic heterocycles. The maximum atomic E-state index is 9.94. The van der Waals surface area contributed by atoms with Crippen molar-refractivity contribution >= 4 is 11.6 Å². The molecule has 5 heteroatoms. The molecule has 1 aromatic rings. The Labute approximate surface area is 131 Å². The number of halogens is 1. The van der Waals surface area contributed by atoms with Crippen LogP contribution in [0.1, 0.15) is 31.2 Å². The standard InChI is InChI=1S/C16H24ClNO3/c17-16-4-2-1-3-12(16)10-21-11-15(20)9-18-13-5-7-14(19)8-6-13/h1-4,13-15,18-20H,5-11H2/p+1/t13?,14?,15-/m0/s1. The third-order valence-electron chi connectivity index (χ3n) is 4.01. The Morgan fingerprint density at radius 3 is 2.67 bits per heavy atom. The van der Waals surface area contributed by atoms with Crippen LogP contribution in [-0.4, -0.2) is 41.6 Å². The van der Waals surface area contributed by atoms with E-state index in [1.54, 1.807) is 0 Å². The molecule has 0 spiro atoms. The SMILES string of the molecule is OC1CCC([NH2+]C[C@H](O)COCc2ccccc2Cl)CC1. The fourth-order valence-corrected chi connectivity index (χ4v) is 2.87. The van der Waals surface area contributed by atoms with Crippen LogP contribution in [0, 0.1) is 0 Å². The Morgan fingerprint density at radius 1 is 1.24 bits per heavy atom. The van der Waals surface area contributed by atoms with Crippen molar-refractivity contribution in [1.29, 1.82) is 0 Å². The molecule has 2 rings (SSSR count). The van der Waals surface area contributed by atoms with Crippen LogP contribution in [0.25, 0.3) is 0 Å². The minimum absolute atomic E-state index is 0.126. The number of nitrogens with two attached hydrogens (primary N) is 1. The van der Waals surface area contributed by atoms with Gasteiger partial charge in [0.25, 0.3) is 0 Å². The number of aliphatic hydroxyl groups excluding tert-OH is 2. The third kappa shape index (κ3) is 5.93. The molecule has 0 amide bonds. The number of rotatable bonds is 7. The highest BCUT2D eigenvalue weighted by Crippen LogP contribution is 2.16. The Bertz CT molecular complexity index is 422. The van der Waals surface area contributed by atoms with Gasteiger partial charge in [-0.1, -0.05) is 29.8 Å². The fraction of sp³-hybridized carbons (Fsp3) is 0.625. The zero-order valence-electron chi connectivity index (χ0n) is 12.2. The second kappa shape index (κ2) is 8.71. The Hall–Kier alpha value is -0.650. The van der Waals surface area contributed by atoms with Crippen molar-refractivity contribution in [3.05, 3.63) is 34.9 Å². The van der Waals surface area contributed by atoms with Crippen LogP contribution >= 0.6 is 11.6 Å². The molecule has 0 saturated heterocycles. The first-order chi connectivity index (χ1) is 10.1. The molecule has 0 radical (unpaired) electrons. The van der Waals surface area contributed by atoms with Gasteiger partial charge in [-0.25, -0.2) is 0 Å². The average Bonchev–Trinajstić information content (AvgIpc) is 2.49. The van der Waals surface area contributed by atoms with Gasteiger partial charge in [-0.3, -0.25) is 0 Å². The molecular weight excluding hydrogens is 290 g/mol. The summed E-state index contributed by atoms with van der Waals surface area (Å²) in [4.78, 5) is 0. The molecule has 1 atom stereocenters. The molecule has 1 aromatic carbocycles. The van der Waals surface area contributed by atoms with Gasteiger partial charge in [0, 0.05) is 17.9 Å². The lowest BCUT2D eigenvalue weighted by Crippen LogP contribution is -2.92. The van der Waals surface area contributed by atoms with Crippen LogP contribution in [0.2, 0.25) is 5.02 Å². The lowest BCUT2D eigenvalue weighted by molar-refractivity contribution is -0.697. The predicted octanol–water partition coefficient (Wildman–Crippen LogP) is 1.08. The number of hydrogen-bond acceptors (Lipinski definition) is 3. The number of hydrogen-bond donors (Lipinski definition) is 3. The summed E-state index contributed by atoms with van der Waals surface area (Å²) in [5.41, 5.74) is 0.941. The molecule has 4 N–H and O–H groups in total. The Morgan fingerprint density at radius 2 is 1.95 bits per heavy atom. The zero-order valence-corrected chi connectivity index (χ0v) is 13.0. The van der Waals surface area contributed by atoms with Crippen LogP contribution in [-0.2, 0) is 11.3 Å². The van der Waals surface area contributed by atoms with Crippen molar-refractivity contribution in [2.75, 3.05) is 13.2 Å². The molecule has 0 unspecified atom stereocenters. The van der Waals surface area contributed by atoms with E-state index in [-0.39, 0.29) is 6.10 Å². The highest BCUT2D eigenvalue weighted by molar-refractivity contribution is 6.31. The fourth-order valence-electron chi connectivity index (χ4n) is 2.68. The highest BCUT2D eigenvalue weighted by atomic mass is 35.5. The van der Waals surface area contributed by atoms with E-state index in [0.29, 0.717) is 30.8 Å². The number of ether oxygens (including phenoxy) is 1. The van der Waals surface area contributed by atoms with E-state index in [0.717, 1.165) is 31.2 Å². The zero-order chi connectivity index (χ0) is 15.1. The molecule has 1 aliphatic rings. The lowest BCUT2D eigenvalue weighted by Gasteiger charge is -2.24. The number of benzene rings is 1. The van der Waals surface area contributed by atoms with Crippen molar-refractivity contribution in [2.45, 2.75) is 50.5 Å². The predicted molar refractivity (Wildman–Crippen MR) is 82.2 cm³/mol. The molecule has 1 fully saturated rings. The van der Waals surface area contributed by atoms with E-state index < -0.39 is 6.10 Å². The van der Waals surface area contributed by atoms with Gasteiger partial charge in [-0.2, -0.15) is 0 Å². The topological polar surface area (TPSA) is 66.3 Å². The summed E-state index contributed by atoms with van der Waals surface area (Å²) in [6.07, 6.45) is 3.20. The van der Waals surface area contributed by atoms with Gasteiger partial charge in [0.1, 0.15) is 12.6 Å². The molecule has 1 saturated carbocycles. The number of quaternary nitrogens is 1. The summed E-state index contributed by atoms with van der Waals surface area (Å²) >= 11 is 6.04. The summed E-state index contributed by atoms with van der Waals surface area (Å²) < 4.78 is 5.52. The average molecular weight is 315 g/mol. The van der Waals surface area contributed by atoms with Crippen LogP contribution in [0.4, 0.5) is 0 Å². The summed E-state index contributed by atoms with van der Waals surface area (Å²) in [6, 6.07) is 8.09. The Kier molecular flexibility index (Phi) is 6.93. The van der Waals surface area contributed by atoms with E-state index in [4.69, 9.17) is 16.3 Å². The first-order valence-corrected chi connectivity index (χ1v) is 8.03. The van der Waals surface area contributed by atoms with Crippen molar-refractivity contribution in [3.63, 3.8) is 0 Å². The molecule has 118 valence electrons. The van der Waals surface area contributed by atoms with Crippen molar-refractivity contribution in [3.8, 4) is 0 Å². The quantitative estimate of drug-likeness (QED) is 0.706. The second-order valence-electron chi connectivity index (χ2n) is 5.80. The minimum Gasteiger partial charge on any atom is -0.393 e. The van der Waals surface area contributed by atoms with Gasteiger partial charge in [0.2, 0.25) is 0 Å². The third-order valence-corrected chi connectivity index (χ3v) is 4.38. The maximum Gasteiger partial charge on any atom is 0.126 e. The summed E-state index contributed by atoms with van der Waals surface area (Å²) in [6.45, 7) is 1.38. The first kappa shape index (κ1) is 16.7. The highest BCUT2D eigenvalue weighted by Gasteiger charge is 2.22. The van der Waals surface area contributed by atoms with Crippen molar-refractivity contribution in [2.24, 2.45) is 0 Å². The molecule has 1 aliphatic carbocycles. The smallest absolute Gasteiger partial charge is 0.126 e. The van der Waals surface area contributed by atoms with E-state index in [1.165, 1.54) is 0 Å². The van der Waals surface area contributed by atoms with Crippen LogP contribution in [0.5, 0.6) is 0 Å². The van der Waals surface area contributed by atoms with Gasteiger partial charge in [0.15, 0.2) is 0 Å². The van der Waals surface area contributed by atoms with E-state index in [2.05, 4.69) is 5.32 Å². The molecular formula is C16H25ClNO3+. The Balaban J connectivity index is 1.59. The van der Waals surface area contributed by atoms with E-state index >= 15 is 0 Å². The summed E-state index contributed by atoms with van der Waals surface area (Å²) in [7, 11) is 0. The minimum atomic E-state index is -0.473. The first-order valence-electron chi connectivity index (χ1n) is 7.65. The van der Waals surface area contributed by atoms with Gasteiger partial charge < -0.3 is 20.3 Å². The van der Waals surface area contributed by atoms with Crippen molar-refractivity contribution in [1.82, 2.24) is 0 Å². The van der Waals surface area contributed by atoms with E-state index in [1.807, 2.05) is 24.3 Å². The molecule has 0 heterocycles. The van der Waals surface area contributed by atoms with Crippen LogP contribution in [0.3, 0.4) is 0 Å². The monoisotopic (exact) mass is 314 g/mol. The van der Waals surface area contributed by atoms with E-state index in [9.17, 15) is 10.2 Å². The molecule has 0 bridgehead atoms. The van der Waals surface area contributed by atoms with Gasteiger partial charge in [-0.15, -0.1) is 0 Å². The van der Waals surface area contributed by atoms with Crippen molar-refractivity contribution < 1.29 is 20.3 Å². The summed E-state index contributed by atoms with van der Waals surface area (Å²) in [5, 5.41) is 22.3. The molecule has 4 nitrogen and oxygen atoms in total. The normalized spacial score (nSPS) is 24.0. The van der Waals surface area contributed by atoms with Gasteiger partial charge in [0.05, 0.1) is 25.4 Å². The van der Waals surface area contributed by atoms with Crippen LogP contribution < -0.4 is 5.32 Å². The number of aliphatic hydroxyl groups is 2.